The predicted molar refractivity (Wildman–Crippen MR) is 94.2 cm³/mol. The Bertz CT molecular complexity index is 934. The van der Waals surface area contributed by atoms with Crippen LogP contribution >= 0.6 is 0 Å². The van der Waals surface area contributed by atoms with E-state index in [4.69, 9.17) is 4.74 Å². The molecule has 2 N–H and O–H groups in total. The Morgan fingerprint density at radius 1 is 1.32 bits per heavy atom. The summed E-state index contributed by atoms with van der Waals surface area (Å²) in [6.07, 6.45) is 4.28. The molecule has 25 heavy (non-hydrogen) atoms. The second-order valence-electron chi connectivity index (χ2n) is 6.12. The highest BCUT2D eigenvalue weighted by Crippen LogP contribution is 2.18. The second-order valence-corrected chi connectivity index (χ2v) is 6.12. The number of ether oxygens (including phenoxy) is 1. The molecule has 2 amide bonds. The summed E-state index contributed by atoms with van der Waals surface area (Å²) < 4.78 is 7.39. The van der Waals surface area contributed by atoms with Crippen molar-refractivity contribution in [1.29, 1.82) is 0 Å². The van der Waals surface area contributed by atoms with Crippen molar-refractivity contribution in [3.63, 3.8) is 0 Å². The maximum Gasteiger partial charge on any atom is 0.319 e. The van der Waals surface area contributed by atoms with Gasteiger partial charge in [-0.25, -0.2) is 9.78 Å². The molecule has 0 spiro atoms. The Morgan fingerprint density at radius 2 is 2.24 bits per heavy atom. The van der Waals surface area contributed by atoms with Gasteiger partial charge in [-0.1, -0.05) is 6.07 Å². The van der Waals surface area contributed by atoms with Gasteiger partial charge in [0.1, 0.15) is 0 Å². The number of hydrogen-bond acceptors (Lipinski definition) is 4. The van der Waals surface area contributed by atoms with Crippen LogP contribution in [0.3, 0.4) is 0 Å². The minimum absolute atomic E-state index is 0.264. The largest absolute Gasteiger partial charge is 0.376 e. The van der Waals surface area contributed by atoms with Crippen molar-refractivity contribution < 1.29 is 9.53 Å². The highest BCUT2D eigenvalue weighted by atomic mass is 16.5. The first-order valence-corrected chi connectivity index (χ1v) is 8.19. The van der Waals surface area contributed by atoms with E-state index in [0.717, 1.165) is 34.3 Å². The summed E-state index contributed by atoms with van der Waals surface area (Å²) in [4.78, 5) is 20.8. The van der Waals surface area contributed by atoms with Crippen LogP contribution in [0.15, 0.2) is 36.8 Å². The highest BCUT2D eigenvalue weighted by molar-refractivity contribution is 5.89. The summed E-state index contributed by atoms with van der Waals surface area (Å²) in [5.41, 5.74) is 5.72. The minimum atomic E-state index is -0.264. The van der Waals surface area contributed by atoms with Gasteiger partial charge in [0.25, 0.3) is 0 Å². The number of aromatic nitrogens is 3. The van der Waals surface area contributed by atoms with Gasteiger partial charge in [-0.2, -0.15) is 0 Å². The molecule has 7 nitrogen and oxygen atoms in total. The van der Waals surface area contributed by atoms with E-state index in [1.165, 1.54) is 0 Å². The number of imidazole rings is 1. The molecule has 2 aromatic heterocycles. The second kappa shape index (κ2) is 6.52. The van der Waals surface area contributed by atoms with Gasteiger partial charge in [-0.15, -0.1) is 0 Å². The van der Waals surface area contributed by atoms with E-state index in [2.05, 4.69) is 20.6 Å². The quantitative estimate of drug-likeness (QED) is 0.769. The standard InChI is InChI=1S/C18H19N5O2/c1-23-11-21-16-6-12(2-3-17(16)23)8-20-18(24)22-14-7-13-10-25-5-4-15(13)19-9-14/h2-3,6-7,9,11H,4-5,8,10H2,1H3,(H2,20,22,24). The van der Waals surface area contributed by atoms with Crippen LogP contribution in [-0.2, 0) is 31.4 Å². The molecule has 0 radical (unpaired) electrons. The Balaban J connectivity index is 1.38. The first-order valence-electron chi connectivity index (χ1n) is 8.19. The summed E-state index contributed by atoms with van der Waals surface area (Å²) in [6.45, 7) is 1.68. The molecule has 0 aliphatic carbocycles. The van der Waals surface area contributed by atoms with Crippen LogP contribution in [0.2, 0.25) is 0 Å². The number of hydrogen-bond donors (Lipinski definition) is 2. The van der Waals surface area contributed by atoms with Crippen LogP contribution in [0, 0.1) is 0 Å². The van der Waals surface area contributed by atoms with Gasteiger partial charge < -0.3 is 19.9 Å². The molecular formula is C18H19N5O2. The Kier molecular flexibility index (Phi) is 4.07. The summed E-state index contributed by atoms with van der Waals surface area (Å²) in [5, 5.41) is 5.67. The van der Waals surface area contributed by atoms with Gasteiger partial charge >= 0.3 is 6.03 Å². The number of nitrogens with one attached hydrogen (secondary N) is 2. The van der Waals surface area contributed by atoms with E-state index >= 15 is 0 Å². The fourth-order valence-electron chi connectivity index (χ4n) is 2.96. The lowest BCUT2D eigenvalue weighted by molar-refractivity contribution is 0.109. The van der Waals surface area contributed by atoms with Gasteiger partial charge in [0, 0.05) is 31.3 Å². The number of pyridine rings is 1. The Labute approximate surface area is 145 Å². The van der Waals surface area contributed by atoms with E-state index < -0.39 is 0 Å². The molecule has 0 atom stereocenters. The summed E-state index contributed by atoms with van der Waals surface area (Å²) >= 11 is 0. The number of rotatable bonds is 3. The van der Waals surface area contributed by atoms with Crippen LogP contribution in [0.25, 0.3) is 11.0 Å². The van der Waals surface area contributed by atoms with Crippen molar-refractivity contribution in [2.75, 3.05) is 11.9 Å². The van der Waals surface area contributed by atoms with Gasteiger partial charge in [-0.3, -0.25) is 4.98 Å². The molecule has 128 valence electrons. The number of fused-ring (bicyclic) bond motifs is 2. The molecule has 0 fully saturated rings. The van der Waals surface area contributed by atoms with Crippen molar-refractivity contribution in [1.82, 2.24) is 19.9 Å². The highest BCUT2D eigenvalue weighted by Gasteiger charge is 2.12. The molecular weight excluding hydrogens is 318 g/mol. The fourth-order valence-corrected chi connectivity index (χ4v) is 2.96. The first-order chi connectivity index (χ1) is 12.2. The minimum Gasteiger partial charge on any atom is -0.376 e. The molecule has 1 aromatic carbocycles. The molecule has 0 bridgehead atoms. The monoisotopic (exact) mass is 337 g/mol. The van der Waals surface area contributed by atoms with Crippen LogP contribution in [0.5, 0.6) is 0 Å². The lowest BCUT2D eigenvalue weighted by Crippen LogP contribution is -2.28. The van der Waals surface area contributed by atoms with Gasteiger partial charge in [0.2, 0.25) is 0 Å². The zero-order valence-electron chi connectivity index (χ0n) is 14.0. The summed E-state index contributed by atoms with van der Waals surface area (Å²) in [5.74, 6) is 0. The number of anilines is 1. The predicted octanol–water partition coefficient (Wildman–Crippen LogP) is 2.36. The number of aryl methyl sites for hydroxylation is 1. The maximum atomic E-state index is 12.1. The number of nitrogens with zero attached hydrogens (tertiary/aromatic N) is 3. The molecule has 0 saturated heterocycles. The van der Waals surface area contributed by atoms with Crippen molar-refractivity contribution in [2.45, 2.75) is 19.6 Å². The van der Waals surface area contributed by atoms with E-state index in [-0.39, 0.29) is 6.03 Å². The van der Waals surface area contributed by atoms with Crippen molar-refractivity contribution >= 4 is 22.8 Å². The van der Waals surface area contributed by atoms with Crippen LogP contribution in [0.1, 0.15) is 16.8 Å². The third kappa shape index (κ3) is 3.32. The van der Waals surface area contributed by atoms with E-state index in [0.29, 0.717) is 25.4 Å². The summed E-state index contributed by atoms with van der Waals surface area (Å²) in [6, 6.07) is 7.63. The molecule has 0 unspecified atom stereocenters. The maximum absolute atomic E-state index is 12.1. The number of carbonyl (C=O) groups is 1. The molecule has 0 saturated carbocycles. The van der Waals surface area contributed by atoms with Gasteiger partial charge in [-0.05, 0) is 23.8 Å². The number of benzene rings is 1. The van der Waals surface area contributed by atoms with Crippen molar-refractivity contribution in [3.05, 3.63) is 53.6 Å². The SMILES string of the molecule is Cn1cnc2cc(CNC(=O)Nc3cnc4c(c3)COCC4)ccc21. The average Bonchev–Trinajstić information content (AvgIpc) is 3.00. The molecule has 1 aliphatic heterocycles. The third-order valence-corrected chi connectivity index (χ3v) is 4.30. The Hall–Kier alpha value is -2.93. The average molecular weight is 337 g/mol. The summed E-state index contributed by atoms with van der Waals surface area (Å²) in [7, 11) is 1.96. The van der Waals surface area contributed by atoms with Crippen molar-refractivity contribution in [2.24, 2.45) is 7.05 Å². The number of urea groups is 1. The van der Waals surface area contributed by atoms with Crippen LogP contribution in [0.4, 0.5) is 10.5 Å². The topological polar surface area (TPSA) is 81.1 Å². The number of amides is 2. The fraction of sp³-hybridized carbons (Fsp3) is 0.278. The van der Waals surface area contributed by atoms with E-state index in [1.807, 2.05) is 35.9 Å². The van der Waals surface area contributed by atoms with Crippen LogP contribution in [-0.4, -0.2) is 27.2 Å². The lowest BCUT2D eigenvalue weighted by Gasteiger charge is -2.16. The first kappa shape index (κ1) is 15.6. The molecule has 4 rings (SSSR count). The zero-order valence-corrected chi connectivity index (χ0v) is 14.0. The van der Waals surface area contributed by atoms with E-state index in [9.17, 15) is 4.79 Å². The zero-order chi connectivity index (χ0) is 17.2. The molecule has 1 aliphatic rings. The molecule has 3 aromatic rings. The van der Waals surface area contributed by atoms with Crippen LogP contribution < -0.4 is 10.6 Å². The third-order valence-electron chi connectivity index (χ3n) is 4.30. The van der Waals surface area contributed by atoms with Gasteiger partial charge in [0.15, 0.2) is 0 Å². The molecule has 7 heteroatoms. The Morgan fingerprint density at radius 3 is 3.16 bits per heavy atom. The molecule has 3 heterocycles. The normalized spacial score (nSPS) is 13.5. The smallest absolute Gasteiger partial charge is 0.319 e. The number of carbonyl (C=O) groups excluding carboxylic acids is 1. The van der Waals surface area contributed by atoms with E-state index in [1.54, 1.807) is 12.5 Å². The van der Waals surface area contributed by atoms with Gasteiger partial charge in [0.05, 0.1) is 42.5 Å². The lowest BCUT2D eigenvalue weighted by atomic mass is 10.1. The van der Waals surface area contributed by atoms with Crippen molar-refractivity contribution in [3.8, 4) is 0 Å².